The van der Waals surface area contributed by atoms with Crippen molar-refractivity contribution < 1.29 is 9.59 Å². The summed E-state index contributed by atoms with van der Waals surface area (Å²) in [6.45, 7) is 4.32. The second-order valence-corrected chi connectivity index (χ2v) is 7.02. The number of amidine groups is 1. The summed E-state index contributed by atoms with van der Waals surface area (Å²) in [5, 5.41) is 11.6. The zero-order valence-corrected chi connectivity index (χ0v) is 16.5. The van der Waals surface area contributed by atoms with Gasteiger partial charge in [-0.05, 0) is 36.6 Å². The van der Waals surface area contributed by atoms with Crippen LogP contribution in [0.5, 0.6) is 0 Å². The van der Waals surface area contributed by atoms with Crippen LogP contribution in [0.3, 0.4) is 0 Å². The summed E-state index contributed by atoms with van der Waals surface area (Å²) in [6, 6.07) is 6.83. The van der Waals surface area contributed by atoms with Gasteiger partial charge in [0.15, 0.2) is 5.84 Å². The zero-order chi connectivity index (χ0) is 19.5. The topological polar surface area (TPSA) is 147 Å². The molecule has 0 spiro atoms. The van der Waals surface area contributed by atoms with Crippen LogP contribution in [0.2, 0.25) is 0 Å². The highest BCUT2D eigenvalue weighted by Crippen LogP contribution is 2.14. The lowest BCUT2D eigenvalue weighted by molar-refractivity contribution is -0.125. The van der Waals surface area contributed by atoms with Gasteiger partial charge in [0.2, 0.25) is 5.91 Å². The van der Waals surface area contributed by atoms with Crippen molar-refractivity contribution in [2.45, 2.75) is 20.3 Å². The average Bonchev–Trinajstić information content (AvgIpc) is 2.61. The number of halogens is 1. The standard InChI is InChI=1S/C16H26BrN7O2/c1-10(2)7-11(15(25)20-9-14(23-18)24-19)8-21-16(26)22-13-5-3-12(17)4-6-13/h3-6,10-11H,7-9,18-19H2,1-2H3,(H,20,25)(H,23,24)(H2,21,22,26). The fourth-order valence-corrected chi connectivity index (χ4v) is 2.49. The fourth-order valence-electron chi connectivity index (χ4n) is 2.23. The Kier molecular flexibility index (Phi) is 9.45. The Labute approximate surface area is 161 Å². The number of urea groups is 1. The van der Waals surface area contributed by atoms with E-state index >= 15 is 0 Å². The van der Waals surface area contributed by atoms with Gasteiger partial charge in [-0.15, -0.1) is 0 Å². The van der Waals surface area contributed by atoms with E-state index in [0.717, 1.165) is 4.47 Å². The largest absolute Gasteiger partial charge is 0.348 e. The maximum Gasteiger partial charge on any atom is 0.319 e. The highest BCUT2D eigenvalue weighted by Gasteiger charge is 2.21. The Bertz CT molecular complexity index is 620. The maximum absolute atomic E-state index is 12.4. The van der Waals surface area contributed by atoms with Gasteiger partial charge in [-0.2, -0.15) is 5.10 Å². The van der Waals surface area contributed by atoms with Crippen LogP contribution < -0.4 is 33.1 Å². The highest BCUT2D eigenvalue weighted by atomic mass is 79.9. The SMILES string of the molecule is CC(C)CC(CNC(=O)Nc1ccc(Br)cc1)C(=O)NC/C(=N/N)NN. The number of hydrogen-bond acceptors (Lipinski definition) is 5. The molecule has 0 saturated heterocycles. The predicted octanol–water partition coefficient (Wildman–Crippen LogP) is 1.08. The molecule has 0 heterocycles. The molecule has 0 bridgehead atoms. The van der Waals surface area contributed by atoms with E-state index in [0.29, 0.717) is 12.1 Å². The Hall–Kier alpha value is -2.33. The third-order valence-electron chi connectivity index (χ3n) is 3.49. The predicted molar refractivity (Wildman–Crippen MR) is 106 cm³/mol. The number of hydrazine groups is 1. The lowest BCUT2D eigenvalue weighted by Crippen LogP contribution is -2.45. The Morgan fingerprint density at radius 2 is 1.85 bits per heavy atom. The molecule has 1 atom stereocenters. The maximum atomic E-state index is 12.4. The molecular formula is C16H26BrN7O2. The summed E-state index contributed by atoms with van der Waals surface area (Å²) in [4.78, 5) is 24.4. The van der Waals surface area contributed by atoms with Crippen molar-refractivity contribution in [3.05, 3.63) is 28.7 Å². The van der Waals surface area contributed by atoms with Crippen LogP contribution in [0, 0.1) is 11.8 Å². The van der Waals surface area contributed by atoms with Crippen molar-refractivity contribution in [1.29, 1.82) is 0 Å². The molecule has 0 aromatic heterocycles. The first-order valence-electron chi connectivity index (χ1n) is 8.17. The first-order chi connectivity index (χ1) is 12.3. The third kappa shape index (κ3) is 8.17. The minimum Gasteiger partial charge on any atom is -0.348 e. The van der Waals surface area contributed by atoms with Crippen molar-refractivity contribution >= 4 is 39.4 Å². The number of carbonyl (C=O) groups is 2. The third-order valence-corrected chi connectivity index (χ3v) is 4.02. The number of nitrogens with zero attached hydrogens (tertiary/aromatic N) is 1. The smallest absolute Gasteiger partial charge is 0.319 e. The summed E-state index contributed by atoms with van der Waals surface area (Å²) in [5.74, 6) is 10.3. The van der Waals surface area contributed by atoms with E-state index in [9.17, 15) is 9.59 Å². The Morgan fingerprint density at radius 3 is 2.38 bits per heavy atom. The molecule has 0 saturated carbocycles. The zero-order valence-electron chi connectivity index (χ0n) is 14.9. The number of carbonyl (C=O) groups excluding carboxylic acids is 2. The van der Waals surface area contributed by atoms with Crippen molar-refractivity contribution in [2.24, 2.45) is 28.6 Å². The van der Waals surface area contributed by atoms with Crippen molar-refractivity contribution in [3.63, 3.8) is 0 Å². The van der Waals surface area contributed by atoms with E-state index in [1.54, 1.807) is 12.1 Å². The van der Waals surface area contributed by atoms with Gasteiger partial charge in [-0.25, -0.2) is 10.6 Å². The lowest BCUT2D eigenvalue weighted by atomic mass is 9.96. The molecule has 26 heavy (non-hydrogen) atoms. The van der Waals surface area contributed by atoms with Crippen molar-refractivity contribution in [1.82, 2.24) is 16.1 Å². The van der Waals surface area contributed by atoms with Crippen LogP contribution in [-0.4, -0.2) is 30.9 Å². The number of nitrogens with one attached hydrogen (secondary N) is 4. The molecular weight excluding hydrogens is 402 g/mol. The van der Waals surface area contributed by atoms with E-state index in [1.165, 1.54) is 0 Å². The molecule has 0 aliphatic carbocycles. The number of benzene rings is 1. The molecule has 1 unspecified atom stereocenters. The molecule has 144 valence electrons. The molecule has 1 rings (SSSR count). The summed E-state index contributed by atoms with van der Waals surface area (Å²) in [6.07, 6.45) is 0.621. The average molecular weight is 428 g/mol. The van der Waals surface area contributed by atoms with Gasteiger partial charge in [0.1, 0.15) is 0 Å². The van der Waals surface area contributed by atoms with Gasteiger partial charge in [-0.1, -0.05) is 29.8 Å². The number of amides is 3. The number of rotatable bonds is 8. The summed E-state index contributed by atoms with van der Waals surface area (Å²) in [7, 11) is 0. The lowest BCUT2D eigenvalue weighted by Gasteiger charge is -2.19. The van der Waals surface area contributed by atoms with E-state index < -0.39 is 0 Å². The molecule has 1 aromatic rings. The fraction of sp³-hybridized carbons (Fsp3) is 0.438. The first-order valence-corrected chi connectivity index (χ1v) is 8.96. The van der Waals surface area contributed by atoms with Crippen LogP contribution in [0.4, 0.5) is 10.5 Å². The Morgan fingerprint density at radius 1 is 1.19 bits per heavy atom. The Balaban J connectivity index is 2.56. The van der Waals surface area contributed by atoms with E-state index in [1.807, 2.05) is 26.0 Å². The van der Waals surface area contributed by atoms with Crippen LogP contribution in [0.15, 0.2) is 33.8 Å². The molecule has 0 fully saturated rings. The summed E-state index contributed by atoms with van der Waals surface area (Å²) < 4.78 is 0.921. The second-order valence-electron chi connectivity index (χ2n) is 6.11. The highest BCUT2D eigenvalue weighted by molar-refractivity contribution is 9.10. The van der Waals surface area contributed by atoms with Crippen LogP contribution in [0.25, 0.3) is 0 Å². The van der Waals surface area contributed by atoms with Crippen LogP contribution in [0.1, 0.15) is 20.3 Å². The van der Waals surface area contributed by atoms with E-state index in [2.05, 4.69) is 42.4 Å². The van der Waals surface area contributed by atoms with Crippen molar-refractivity contribution in [3.8, 4) is 0 Å². The molecule has 8 N–H and O–H groups in total. The number of hydrazone groups is 1. The minimum atomic E-state index is -0.387. The van der Waals surface area contributed by atoms with Gasteiger partial charge < -0.3 is 27.2 Å². The normalized spacial score (nSPS) is 12.4. The minimum absolute atomic E-state index is 0.0888. The number of hydrogen-bond donors (Lipinski definition) is 6. The molecule has 10 heteroatoms. The van der Waals surface area contributed by atoms with Crippen LogP contribution >= 0.6 is 15.9 Å². The van der Waals surface area contributed by atoms with Crippen molar-refractivity contribution in [2.75, 3.05) is 18.4 Å². The number of anilines is 1. The number of nitrogens with two attached hydrogens (primary N) is 2. The van der Waals surface area contributed by atoms with E-state index in [-0.39, 0.29) is 42.7 Å². The molecule has 1 aromatic carbocycles. The molecule has 3 amide bonds. The monoisotopic (exact) mass is 427 g/mol. The quantitative estimate of drug-likeness (QED) is 0.159. The molecule has 0 aliphatic rings. The van der Waals surface area contributed by atoms with E-state index in [4.69, 9.17) is 11.7 Å². The van der Waals surface area contributed by atoms with Gasteiger partial charge in [0.05, 0.1) is 12.5 Å². The van der Waals surface area contributed by atoms with Crippen LogP contribution in [-0.2, 0) is 4.79 Å². The van der Waals surface area contributed by atoms with Gasteiger partial charge in [-0.3, -0.25) is 4.79 Å². The first kappa shape index (κ1) is 21.7. The molecule has 0 radical (unpaired) electrons. The molecule has 9 nitrogen and oxygen atoms in total. The van der Waals surface area contributed by atoms with Gasteiger partial charge in [0, 0.05) is 16.7 Å². The second kappa shape index (κ2) is 11.3. The summed E-state index contributed by atoms with van der Waals surface area (Å²) in [5.41, 5.74) is 2.96. The summed E-state index contributed by atoms with van der Waals surface area (Å²) >= 11 is 3.33. The van der Waals surface area contributed by atoms with Gasteiger partial charge in [0.25, 0.3) is 0 Å². The van der Waals surface area contributed by atoms with Gasteiger partial charge >= 0.3 is 6.03 Å². The molecule has 0 aliphatic heterocycles.